The molecule has 2 heteroatoms. The molecule has 1 saturated carbocycles. The van der Waals surface area contributed by atoms with Gasteiger partial charge in [0.15, 0.2) is 5.43 Å². The fraction of sp³-hybridized carbons (Fsp3) is 0.438. The van der Waals surface area contributed by atoms with Crippen LogP contribution in [0, 0.1) is 0 Å². The average Bonchev–Trinajstić information content (AvgIpc) is 3.20. The third-order valence-corrected chi connectivity index (χ3v) is 3.75. The van der Waals surface area contributed by atoms with Crippen LogP contribution in [0.15, 0.2) is 29.1 Å². The van der Waals surface area contributed by atoms with E-state index in [1.807, 2.05) is 0 Å². The van der Waals surface area contributed by atoms with Gasteiger partial charge in [-0.1, -0.05) is 19.4 Å². The lowest BCUT2D eigenvalue weighted by Crippen LogP contribution is -2.05. The van der Waals surface area contributed by atoms with E-state index in [-0.39, 0.29) is 5.43 Å². The SMILES string of the molecule is CCCCc1ccc2[nH]c(C3CC3)cc(=O)c2c1. The summed E-state index contributed by atoms with van der Waals surface area (Å²) in [5, 5.41) is 0.841. The Morgan fingerprint density at radius 3 is 2.83 bits per heavy atom. The van der Waals surface area contributed by atoms with Crippen LogP contribution in [0.5, 0.6) is 0 Å². The minimum atomic E-state index is 0.170. The number of aromatic amines is 1. The molecular weight excluding hydrogens is 222 g/mol. The number of unbranched alkanes of at least 4 members (excludes halogenated alkanes) is 1. The monoisotopic (exact) mass is 241 g/mol. The van der Waals surface area contributed by atoms with Gasteiger partial charge in [0, 0.05) is 22.7 Å². The number of benzene rings is 1. The Labute approximate surface area is 107 Å². The maximum absolute atomic E-state index is 12.1. The van der Waals surface area contributed by atoms with E-state index in [9.17, 15) is 4.79 Å². The topological polar surface area (TPSA) is 32.9 Å². The van der Waals surface area contributed by atoms with Crippen molar-refractivity contribution in [2.75, 3.05) is 0 Å². The fourth-order valence-corrected chi connectivity index (χ4v) is 2.47. The van der Waals surface area contributed by atoms with Crippen molar-refractivity contribution < 1.29 is 0 Å². The van der Waals surface area contributed by atoms with Crippen molar-refractivity contribution in [1.29, 1.82) is 0 Å². The molecule has 0 amide bonds. The van der Waals surface area contributed by atoms with Gasteiger partial charge in [0.05, 0.1) is 0 Å². The Morgan fingerprint density at radius 1 is 1.28 bits per heavy atom. The number of aromatic nitrogens is 1. The number of hydrogen-bond acceptors (Lipinski definition) is 1. The quantitative estimate of drug-likeness (QED) is 0.868. The molecular formula is C16H19NO. The minimum absolute atomic E-state index is 0.170. The van der Waals surface area contributed by atoms with Crippen LogP contribution < -0.4 is 5.43 Å². The van der Waals surface area contributed by atoms with Crippen molar-refractivity contribution in [1.82, 2.24) is 4.98 Å². The molecule has 0 spiro atoms. The number of fused-ring (bicyclic) bond motifs is 1. The summed E-state index contributed by atoms with van der Waals surface area (Å²) in [5.74, 6) is 0.599. The van der Waals surface area contributed by atoms with E-state index in [0.717, 1.165) is 23.0 Å². The van der Waals surface area contributed by atoms with Crippen molar-refractivity contribution in [3.05, 3.63) is 45.7 Å². The van der Waals surface area contributed by atoms with Crippen LogP contribution in [-0.4, -0.2) is 4.98 Å². The smallest absolute Gasteiger partial charge is 0.189 e. The maximum atomic E-state index is 12.1. The maximum Gasteiger partial charge on any atom is 0.189 e. The first-order valence-corrected chi connectivity index (χ1v) is 6.94. The van der Waals surface area contributed by atoms with Crippen molar-refractivity contribution in [3.63, 3.8) is 0 Å². The zero-order chi connectivity index (χ0) is 12.5. The van der Waals surface area contributed by atoms with Gasteiger partial charge in [-0.2, -0.15) is 0 Å². The minimum Gasteiger partial charge on any atom is -0.358 e. The van der Waals surface area contributed by atoms with E-state index in [1.165, 1.54) is 31.2 Å². The van der Waals surface area contributed by atoms with E-state index in [2.05, 4.69) is 30.1 Å². The highest BCUT2D eigenvalue weighted by atomic mass is 16.1. The highest BCUT2D eigenvalue weighted by Crippen LogP contribution is 2.38. The highest BCUT2D eigenvalue weighted by Gasteiger charge is 2.24. The molecule has 0 radical (unpaired) electrons. The van der Waals surface area contributed by atoms with Crippen LogP contribution in [0.3, 0.4) is 0 Å². The zero-order valence-corrected chi connectivity index (χ0v) is 10.8. The number of rotatable bonds is 4. The second kappa shape index (κ2) is 4.60. The molecule has 1 aliphatic rings. The largest absolute Gasteiger partial charge is 0.358 e. The molecule has 2 nitrogen and oxygen atoms in total. The van der Waals surface area contributed by atoms with Gasteiger partial charge in [0.1, 0.15) is 0 Å². The molecule has 1 N–H and O–H groups in total. The molecule has 3 rings (SSSR count). The van der Waals surface area contributed by atoms with Crippen molar-refractivity contribution in [2.45, 2.75) is 44.9 Å². The van der Waals surface area contributed by atoms with Gasteiger partial charge in [-0.25, -0.2) is 0 Å². The number of aryl methyl sites for hydroxylation is 1. The second-order valence-corrected chi connectivity index (χ2v) is 5.35. The van der Waals surface area contributed by atoms with Gasteiger partial charge in [-0.05, 0) is 49.3 Å². The molecule has 1 aromatic heterocycles. The first-order chi connectivity index (χ1) is 8.78. The van der Waals surface area contributed by atoms with E-state index in [4.69, 9.17) is 0 Å². The highest BCUT2D eigenvalue weighted by molar-refractivity contribution is 5.79. The summed E-state index contributed by atoms with van der Waals surface area (Å²) in [5.41, 5.74) is 3.55. The Bertz CT molecular complexity index is 623. The van der Waals surface area contributed by atoms with Gasteiger partial charge in [0.25, 0.3) is 0 Å². The summed E-state index contributed by atoms with van der Waals surface area (Å²) < 4.78 is 0. The van der Waals surface area contributed by atoms with Crippen LogP contribution >= 0.6 is 0 Å². The molecule has 0 saturated heterocycles. The Balaban J connectivity index is 2.03. The number of H-pyrrole nitrogens is 1. The average molecular weight is 241 g/mol. The lowest BCUT2D eigenvalue weighted by Gasteiger charge is -2.05. The van der Waals surface area contributed by atoms with Crippen LogP contribution in [0.2, 0.25) is 0 Å². The summed E-state index contributed by atoms with van der Waals surface area (Å²) >= 11 is 0. The van der Waals surface area contributed by atoms with Gasteiger partial charge in [-0.3, -0.25) is 4.79 Å². The molecule has 1 aliphatic carbocycles. The fourth-order valence-electron chi connectivity index (χ4n) is 2.47. The van der Waals surface area contributed by atoms with Crippen molar-refractivity contribution >= 4 is 10.9 Å². The molecule has 0 bridgehead atoms. The van der Waals surface area contributed by atoms with E-state index >= 15 is 0 Å². The third-order valence-electron chi connectivity index (χ3n) is 3.75. The van der Waals surface area contributed by atoms with Crippen LogP contribution in [0.25, 0.3) is 10.9 Å². The normalized spacial score (nSPS) is 15.2. The summed E-state index contributed by atoms with van der Waals surface area (Å²) in [4.78, 5) is 15.6. The third kappa shape index (κ3) is 2.20. The second-order valence-electron chi connectivity index (χ2n) is 5.35. The summed E-state index contributed by atoms with van der Waals surface area (Å²) in [6, 6.07) is 8.06. The van der Waals surface area contributed by atoms with Crippen molar-refractivity contribution in [3.8, 4) is 0 Å². The van der Waals surface area contributed by atoms with E-state index in [1.54, 1.807) is 6.07 Å². The van der Waals surface area contributed by atoms with E-state index in [0.29, 0.717) is 5.92 Å². The molecule has 1 aromatic carbocycles. The summed E-state index contributed by atoms with van der Waals surface area (Å²) in [6.07, 6.45) is 5.88. The molecule has 0 aliphatic heterocycles. The predicted molar refractivity (Wildman–Crippen MR) is 75.2 cm³/mol. The Morgan fingerprint density at radius 2 is 2.11 bits per heavy atom. The molecule has 2 aromatic rings. The van der Waals surface area contributed by atoms with Gasteiger partial charge >= 0.3 is 0 Å². The van der Waals surface area contributed by atoms with E-state index < -0.39 is 0 Å². The molecule has 0 atom stereocenters. The lowest BCUT2D eigenvalue weighted by atomic mass is 10.0. The lowest BCUT2D eigenvalue weighted by molar-refractivity contribution is 0.796. The van der Waals surface area contributed by atoms with Crippen LogP contribution in [-0.2, 0) is 6.42 Å². The number of hydrogen-bond donors (Lipinski definition) is 1. The predicted octanol–water partition coefficient (Wildman–Crippen LogP) is 3.75. The Hall–Kier alpha value is -1.57. The van der Waals surface area contributed by atoms with Gasteiger partial charge < -0.3 is 4.98 Å². The van der Waals surface area contributed by atoms with Gasteiger partial charge in [0.2, 0.25) is 0 Å². The standard InChI is InChI=1S/C16H19NO/c1-2-3-4-11-5-8-14-13(9-11)16(18)10-15(17-14)12-6-7-12/h5,8-10,12H,2-4,6-7H2,1H3,(H,17,18). The molecule has 18 heavy (non-hydrogen) atoms. The first kappa shape index (κ1) is 11.5. The molecule has 0 unspecified atom stereocenters. The Kier molecular flexibility index (Phi) is 2.94. The molecule has 1 fully saturated rings. The van der Waals surface area contributed by atoms with Crippen molar-refractivity contribution in [2.24, 2.45) is 0 Å². The van der Waals surface area contributed by atoms with Gasteiger partial charge in [-0.15, -0.1) is 0 Å². The molecule has 94 valence electrons. The number of pyridine rings is 1. The van der Waals surface area contributed by atoms with Crippen LogP contribution in [0.4, 0.5) is 0 Å². The number of nitrogens with one attached hydrogen (secondary N) is 1. The summed E-state index contributed by atoms with van der Waals surface area (Å²) in [6.45, 7) is 2.19. The zero-order valence-electron chi connectivity index (χ0n) is 10.8. The first-order valence-electron chi connectivity index (χ1n) is 6.94. The molecule has 1 heterocycles. The van der Waals surface area contributed by atoms with Crippen LogP contribution in [0.1, 0.15) is 49.8 Å². The summed E-state index contributed by atoms with van der Waals surface area (Å²) in [7, 11) is 0.